The minimum Gasteiger partial charge on any atom is -0.274 e. The summed E-state index contributed by atoms with van der Waals surface area (Å²) in [5, 5.41) is 0. The molecule has 3 aromatic rings. The minimum atomic E-state index is -0.240. The molecule has 0 spiro atoms. The van der Waals surface area contributed by atoms with E-state index in [1.165, 1.54) is 28.4 Å². The molecule has 2 aliphatic carbocycles. The van der Waals surface area contributed by atoms with E-state index in [4.69, 9.17) is 0 Å². The highest BCUT2D eigenvalue weighted by molar-refractivity contribution is 8.00. The molecule has 7 heteroatoms. The van der Waals surface area contributed by atoms with Gasteiger partial charge in [-0.15, -0.1) is 11.3 Å². The van der Waals surface area contributed by atoms with Crippen molar-refractivity contribution < 1.29 is 14.0 Å². The van der Waals surface area contributed by atoms with Crippen LogP contribution >= 0.6 is 23.1 Å². The lowest BCUT2D eigenvalue weighted by Crippen LogP contribution is -2.32. The maximum atomic E-state index is 13.4. The van der Waals surface area contributed by atoms with E-state index in [-0.39, 0.29) is 41.3 Å². The van der Waals surface area contributed by atoms with Gasteiger partial charge in [0, 0.05) is 5.75 Å². The third kappa shape index (κ3) is 2.76. The van der Waals surface area contributed by atoms with Gasteiger partial charge in [0.2, 0.25) is 11.8 Å². The zero-order valence-corrected chi connectivity index (χ0v) is 17.5. The average Bonchev–Trinajstić information content (AvgIpc) is 3.49. The highest BCUT2D eigenvalue weighted by atomic mass is 32.2. The highest BCUT2D eigenvalue weighted by Gasteiger charge is 2.59. The second kappa shape index (κ2) is 6.75. The number of nitrogens with zero attached hydrogens (tertiary/aromatic N) is 2. The van der Waals surface area contributed by atoms with Gasteiger partial charge in [0.05, 0.1) is 27.7 Å². The number of rotatable bonds is 4. The molecule has 1 saturated heterocycles. The van der Waals surface area contributed by atoms with Gasteiger partial charge in [0.25, 0.3) is 0 Å². The van der Waals surface area contributed by atoms with Crippen molar-refractivity contribution in [2.75, 3.05) is 4.90 Å². The standard InChI is InChI=1S/C23H17FN2O2S2/c24-15-3-1-2-12(8-15)11-29-23-25-17-7-6-16(10-18(17)30-23)26-21(27)19-13-4-5-14(9-13)20(19)22(26)28/h1-8,10,13-14,19-20H,9,11H2/t13-,14-,19-,20+/m0/s1. The minimum absolute atomic E-state index is 0.0635. The molecule has 4 atom stereocenters. The third-order valence-corrected chi connectivity index (χ3v) is 8.56. The van der Waals surface area contributed by atoms with E-state index in [1.807, 2.05) is 24.3 Å². The molecule has 30 heavy (non-hydrogen) atoms. The number of imide groups is 1. The number of benzene rings is 2. The SMILES string of the molecule is O=C1[C@@H]2[C@H](C(=O)N1c1ccc3nc(SCc4cccc(F)c4)sc3c1)[C@H]1C=C[C@H]2C1. The third-order valence-electron chi connectivity index (χ3n) is 6.33. The molecule has 6 rings (SSSR count). The maximum absolute atomic E-state index is 13.4. The van der Waals surface area contributed by atoms with Crippen molar-refractivity contribution >= 4 is 50.8 Å². The molecule has 0 radical (unpaired) electrons. The summed E-state index contributed by atoms with van der Waals surface area (Å²) in [4.78, 5) is 32.1. The van der Waals surface area contributed by atoms with Gasteiger partial charge in [-0.25, -0.2) is 14.3 Å². The highest BCUT2D eigenvalue weighted by Crippen LogP contribution is 2.53. The van der Waals surface area contributed by atoms with E-state index in [2.05, 4.69) is 17.1 Å². The molecule has 2 aromatic carbocycles. The van der Waals surface area contributed by atoms with E-state index in [1.54, 1.807) is 17.8 Å². The number of anilines is 1. The van der Waals surface area contributed by atoms with Gasteiger partial charge in [-0.2, -0.15) is 0 Å². The number of amides is 2. The fourth-order valence-corrected chi connectivity index (χ4v) is 7.07. The molecular weight excluding hydrogens is 419 g/mol. The van der Waals surface area contributed by atoms with Crippen molar-refractivity contribution in [3.05, 3.63) is 66.0 Å². The Morgan fingerprint density at radius 1 is 1.07 bits per heavy atom. The number of thioether (sulfide) groups is 1. The van der Waals surface area contributed by atoms with Crippen molar-refractivity contribution in [2.45, 2.75) is 16.5 Å². The summed E-state index contributed by atoms with van der Waals surface area (Å²) in [5.41, 5.74) is 2.38. The van der Waals surface area contributed by atoms with Crippen LogP contribution in [0.4, 0.5) is 10.1 Å². The Morgan fingerprint density at radius 3 is 2.57 bits per heavy atom. The first kappa shape index (κ1) is 18.3. The van der Waals surface area contributed by atoms with Crippen LogP contribution in [0.1, 0.15) is 12.0 Å². The quantitative estimate of drug-likeness (QED) is 0.327. The molecular formula is C23H17FN2O2S2. The molecule has 3 aliphatic rings. The molecule has 2 fully saturated rings. The van der Waals surface area contributed by atoms with Crippen molar-refractivity contribution in [1.29, 1.82) is 0 Å². The summed E-state index contributed by atoms with van der Waals surface area (Å²) >= 11 is 3.08. The molecule has 0 N–H and O–H groups in total. The van der Waals surface area contributed by atoms with Crippen molar-refractivity contribution in [3.63, 3.8) is 0 Å². The van der Waals surface area contributed by atoms with Crippen LogP contribution in [0.2, 0.25) is 0 Å². The monoisotopic (exact) mass is 436 g/mol. The summed E-state index contributed by atoms with van der Waals surface area (Å²) < 4.78 is 15.2. The number of thiazole rings is 1. The molecule has 2 bridgehead atoms. The van der Waals surface area contributed by atoms with E-state index in [9.17, 15) is 14.0 Å². The van der Waals surface area contributed by atoms with Gasteiger partial charge < -0.3 is 0 Å². The number of allylic oxidation sites excluding steroid dienone is 2. The number of hydrogen-bond donors (Lipinski definition) is 0. The van der Waals surface area contributed by atoms with Gasteiger partial charge in [-0.3, -0.25) is 9.59 Å². The Bertz CT molecular complexity index is 1210. The molecule has 1 saturated carbocycles. The van der Waals surface area contributed by atoms with E-state index in [0.29, 0.717) is 11.4 Å². The van der Waals surface area contributed by atoms with Crippen LogP contribution in [0.5, 0.6) is 0 Å². The predicted octanol–water partition coefficient (Wildman–Crippen LogP) is 5.04. The molecule has 0 unspecified atom stereocenters. The first-order valence-corrected chi connectivity index (χ1v) is 11.7. The van der Waals surface area contributed by atoms with E-state index >= 15 is 0 Å². The Kier molecular flexibility index (Phi) is 4.11. The Labute approximate surface area is 180 Å². The molecule has 2 heterocycles. The Hall–Kier alpha value is -2.51. The summed E-state index contributed by atoms with van der Waals surface area (Å²) in [6.07, 6.45) is 5.14. The fourth-order valence-electron chi connectivity index (χ4n) is 5.02. The van der Waals surface area contributed by atoms with Crippen LogP contribution in [0.15, 0.2) is 59.0 Å². The zero-order chi connectivity index (χ0) is 20.4. The Balaban J connectivity index is 1.26. The second-order valence-corrected chi connectivity index (χ2v) is 10.3. The van der Waals surface area contributed by atoms with Gasteiger partial charge in [-0.1, -0.05) is 36.0 Å². The van der Waals surface area contributed by atoms with Crippen LogP contribution in [0.3, 0.4) is 0 Å². The number of carbonyl (C=O) groups is 2. The lowest BCUT2D eigenvalue weighted by molar-refractivity contribution is -0.123. The van der Waals surface area contributed by atoms with Gasteiger partial charge >= 0.3 is 0 Å². The first-order chi connectivity index (χ1) is 14.6. The zero-order valence-electron chi connectivity index (χ0n) is 15.8. The molecule has 1 aliphatic heterocycles. The molecule has 150 valence electrons. The van der Waals surface area contributed by atoms with Gasteiger partial charge in [0.1, 0.15) is 5.82 Å². The maximum Gasteiger partial charge on any atom is 0.238 e. The van der Waals surface area contributed by atoms with Crippen LogP contribution in [0.25, 0.3) is 10.2 Å². The number of aromatic nitrogens is 1. The lowest BCUT2D eigenvalue weighted by Gasteiger charge is -2.17. The topological polar surface area (TPSA) is 50.3 Å². The van der Waals surface area contributed by atoms with Crippen LogP contribution in [-0.2, 0) is 15.3 Å². The second-order valence-electron chi connectivity index (χ2n) is 8.06. The average molecular weight is 437 g/mol. The summed E-state index contributed by atoms with van der Waals surface area (Å²) in [6.45, 7) is 0. The van der Waals surface area contributed by atoms with Gasteiger partial charge in [-0.05, 0) is 54.2 Å². The van der Waals surface area contributed by atoms with Crippen LogP contribution in [-0.4, -0.2) is 16.8 Å². The van der Waals surface area contributed by atoms with Crippen molar-refractivity contribution in [2.24, 2.45) is 23.7 Å². The van der Waals surface area contributed by atoms with E-state index in [0.717, 1.165) is 26.5 Å². The Morgan fingerprint density at radius 2 is 1.83 bits per heavy atom. The normalized spacial score (nSPS) is 26.9. The molecule has 1 aromatic heterocycles. The predicted molar refractivity (Wildman–Crippen MR) is 116 cm³/mol. The van der Waals surface area contributed by atoms with Gasteiger partial charge in [0.15, 0.2) is 4.34 Å². The number of fused-ring (bicyclic) bond motifs is 6. The number of halogens is 1. The molecule has 2 amide bonds. The van der Waals surface area contributed by atoms with Crippen LogP contribution < -0.4 is 4.90 Å². The largest absolute Gasteiger partial charge is 0.274 e. The summed E-state index contributed by atoms with van der Waals surface area (Å²) in [7, 11) is 0. The van der Waals surface area contributed by atoms with Crippen molar-refractivity contribution in [1.82, 2.24) is 4.98 Å². The lowest BCUT2D eigenvalue weighted by atomic mass is 9.85. The number of carbonyl (C=O) groups excluding carboxylic acids is 2. The summed E-state index contributed by atoms with van der Waals surface area (Å²) in [6, 6.07) is 12.1. The fraction of sp³-hybridized carbons (Fsp3) is 0.261. The van der Waals surface area contributed by atoms with E-state index < -0.39 is 0 Å². The van der Waals surface area contributed by atoms with Crippen molar-refractivity contribution in [3.8, 4) is 0 Å². The summed E-state index contributed by atoms with van der Waals surface area (Å²) in [5.74, 6) is 0.295. The van der Waals surface area contributed by atoms with Crippen LogP contribution in [0, 0.1) is 29.5 Å². The molecule has 4 nitrogen and oxygen atoms in total. The number of hydrogen-bond acceptors (Lipinski definition) is 5. The first-order valence-electron chi connectivity index (χ1n) is 9.92. The smallest absolute Gasteiger partial charge is 0.238 e.